The fraction of sp³-hybridized carbons (Fsp3) is 0.900. The van der Waals surface area contributed by atoms with Gasteiger partial charge in [-0.15, -0.1) is 0 Å². The molecule has 0 aromatic heterocycles. The van der Waals surface area contributed by atoms with E-state index in [2.05, 4.69) is 0 Å². The highest BCUT2D eigenvalue weighted by molar-refractivity contribution is 5.78. The smallest absolute Gasteiger partial charge is 0.163 e. The quantitative estimate of drug-likeness (QED) is 0.574. The van der Waals surface area contributed by atoms with Gasteiger partial charge in [-0.05, 0) is 26.7 Å². The number of carbonyl (C=O) groups is 1. The standard InChI is InChI=1S/C10H16O3/c1-10(2)12-8-5-3-7(11)4-6-9(8)13-10/h8-9H,3-6H2,1-2H3. The number of carbonyl (C=O) groups excluding carboxylic acids is 1. The van der Waals surface area contributed by atoms with E-state index in [1.807, 2.05) is 13.8 Å². The Labute approximate surface area is 78.4 Å². The van der Waals surface area contributed by atoms with Crippen molar-refractivity contribution in [3.63, 3.8) is 0 Å². The fourth-order valence-electron chi connectivity index (χ4n) is 2.13. The largest absolute Gasteiger partial charge is 0.345 e. The van der Waals surface area contributed by atoms with Crippen molar-refractivity contribution in [2.24, 2.45) is 0 Å². The van der Waals surface area contributed by atoms with Gasteiger partial charge in [0.05, 0.1) is 12.2 Å². The molecule has 1 heterocycles. The second-order valence-corrected chi connectivity index (χ2v) is 4.33. The summed E-state index contributed by atoms with van der Waals surface area (Å²) >= 11 is 0. The Morgan fingerprint density at radius 2 is 1.62 bits per heavy atom. The van der Waals surface area contributed by atoms with Crippen molar-refractivity contribution < 1.29 is 14.3 Å². The molecular weight excluding hydrogens is 168 g/mol. The minimum atomic E-state index is -0.449. The molecule has 2 atom stereocenters. The summed E-state index contributed by atoms with van der Waals surface area (Å²) in [6.45, 7) is 3.87. The normalized spacial score (nSPS) is 38.5. The second kappa shape index (κ2) is 3.07. The van der Waals surface area contributed by atoms with Gasteiger partial charge in [-0.25, -0.2) is 0 Å². The topological polar surface area (TPSA) is 35.5 Å². The molecule has 2 rings (SSSR count). The SMILES string of the molecule is CC1(C)OC2CCC(=O)CCC2O1. The molecule has 74 valence electrons. The van der Waals surface area contributed by atoms with Crippen LogP contribution in [0.1, 0.15) is 39.5 Å². The molecule has 1 saturated carbocycles. The van der Waals surface area contributed by atoms with Crippen molar-refractivity contribution in [2.45, 2.75) is 57.5 Å². The fourth-order valence-corrected chi connectivity index (χ4v) is 2.13. The average molecular weight is 184 g/mol. The van der Waals surface area contributed by atoms with Gasteiger partial charge in [-0.1, -0.05) is 0 Å². The van der Waals surface area contributed by atoms with Crippen LogP contribution in [-0.4, -0.2) is 23.8 Å². The van der Waals surface area contributed by atoms with Crippen LogP contribution in [0, 0.1) is 0 Å². The van der Waals surface area contributed by atoms with Gasteiger partial charge in [0.15, 0.2) is 5.79 Å². The summed E-state index contributed by atoms with van der Waals surface area (Å²) in [5.41, 5.74) is 0. The van der Waals surface area contributed by atoms with Gasteiger partial charge >= 0.3 is 0 Å². The van der Waals surface area contributed by atoms with Gasteiger partial charge in [0.25, 0.3) is 0 Å². The number of Topliss-reactive ketones (excluding diaryl/α,β-unsaturated/α-hetero) is 1. The molecule has 3 heteroatoms. The molecule has 0 bridgehead atoms. The van der Waals surface area contributed by atoms with Crippen LogP contribution in [0.5, 0.6) is 0 Å². The molecule has 0 aromatic rings. The number of ether oxygens (including phenoxy) is 2. The second-order valence-electron chi connectivity index (χ2n) is 4.33. The lowest BCUT2D eigenvalue weighted by Crippen LogP contribution is -2.21. The summed E-state index contributed by atoms with van der Waals surface area (Å²) in [6.07, 6.45) is 3.24. The first kappa shape index (κ1) is 9.16. The lowest BCUT2D eigenvalue weighted by Gasteiger charge is -2.17. The Kier molecular flexibility index (Phi) is 2.16. The van der Waals surface area contributed by atoms with Crippen LogP contribution < -0.4 is 0 Å². The zero-order chi connectivity index (χ0) is 9.47. The Bertz CT molecular complexity index is 202. The van der Waals surface area contributed by atoms with E-state index in [9.17, 15) is 4.79 Å². The summed E-state index contributed by atoms with van der Waals surface area (Å²) in [6, 6.07) is 0. The molecule has 0 aromatic carbocycles. The summed E-state index contributed by atoms with van der Waals surface area (Å²) < 4.78 is 11.4. The highest BCUT2D eigenvalue weighted by atomic mass is 16.7. The highest BCUT2D eigenvalue weighted by Crippen LogP contribution is 2.34. The Morgan fingerprint density at radius 1 is 1.15 bits per heavy atom. The van der Waals surface area contributed by atoms with Crippen molar-refractivity contribution in [3.8, 4) is 0 Å². The molecular formula is C10H16O3. The first-order valence-electron chi connectivity index (χ1n) is 4.94. The number of ketones is 1. The minimum Gasteiger partial charge on any atom is -0.345 e. The number of fused-ring (bicyclic) bond motifs is 1. The van der Waals surface area contributed by atoms with E-state index in [0.29, 0.717) is 18.6 Å². The molecule has 2 fully saturated rings. The van der Waals surface area contributed by atoms with Crippen LogP contribution in [-0.2, 0) is 14.3 Å². The van der Waals surface area contributed by atoms with E-state index in [1.165, 1.54) is 0 Å². The van der Waals surface area contributed by atoms with E-state index in [0.717, 1.165) is 12.8 Å². The van der Waals surface area contributed by atoms with Crippen LogP contribution in [0.15, 0.2) is 0 Å². The van der Waals surface area contributed by atoms with Gasteiger partial charge in [0, 0.05) is 12.8 Å². The molecule has 13 heavy (non-hydrogen) atoms. The molecule has 2 unspecified atom stereocenters. The number of hydrogen-bond acceptors (Lipinski definition) is 3. The Balaban J connectivity index is 2.04. The van der Waals surface area contributed by atoms with Crippen molar-refractivity contribution in [2.75, 3.05) is 0 Å². The van der Waals surface area contributed by atoms with E-state index < -0.39 is 5.79 Å². The molecule has 1 saturated heterocycles. The molecule has 0 radical (unpaired) electrons. The third-order valence-corrected chi connectivity index (χ3v) is 2.70. The minimum absolute atomic E-state index is 0.140. The zero-order valence-electron chi connectivity index (χ0n) is 8.21. The zero-order valence-corrected chi connectivity index (χ0v) is 8.21. The summed E-state index contributed by atoms with van der Waals surface area (Å²) in [5, 5.41) is 0. The lowest BCUT2D eigenvalue weighted by atomic mass is 10.1. The van der Waals surface area contributed by atoms with Crippen LogP contribution in [0.3, 0.4) is 0 Å². The molecule has 0 spiro atoms. The van der Waals surface area contributed by atoms with Crippen LogP contribution >= 0.6 is 0 Å². The first-order valence-corrected chi connectivity index (χ1v) is 4.94. The van der Waals surface area contributed by atoms with E-state index >= 15 is 0 Å². The molecule has 1 aliphatic heterocycles. The van der Waals surface area contributed by atoms with E-state index in [-0.39, 0.29) is 12.2 Å². The maximum absolute atomic E-state index is 11.2. The van der Waals surface area contributed by atoms with Gasteiger partial charge in [-0.2, -0.15) is 0 Å². The molecule has 0 N–H and O–H groups in total. The van der Waals surface area contributed by atoms with Crippen LogP contribution in [0.4, 0.5) is 0 Å². The molecule has 1 aliphatic carbocycles. The predicted molar refractivity (Wildman–Crippen MR) is 47.3 cm³/mol. The molecule has 2 aliphatic rings. The number of rotatable bonds is 0. The summed E-state index contributed by atoms with van der Waals surface area (Å²) in [7, 11) is 0. The van der Waals surface area contributed by atoms with Gasteiger partial charge in [0.2, 0.25) is 0 Å². The van der Waals surface area contributed by atoms with Gasteiger partial charge in [0.1, 0.15) is 5.78 Å². The number of hydrogen-bond donors (Lipinski definition) is 0. The van der Waals surface area contributed by atoms with Crippen molar-refractivity contribution >= 4 is 5.78 Å². The maximum atomic E-state index is 11.2. The Morgan fingerprint density at radius 3 is 2.08 bits per heavy atom. The monoisotopic (exact) mass is 184 g/mol. The molecule has 0 amide bonds. The van der Waals surface area contributed by atoms with Gasteiger partial charge in [-0.3, -0.25) is 4.79 Å². The third-order valence-electron chi connectivity index (χ3n) is 2.70. The molecule has 3 nitrogen and oxygen atoms in total. The van der Waals surface area contributed by atoms with Crippen molar-refractivity contribution in [3.05, 3.63) is 0 Å². The summed E-state index contributed by atoms with van der Waals surface area (Å²) in [5.74, 6) is -0.102. The third kappa shape index (κ3) is 1.92. The first-order chi connectivity index (χ1) is 6.07. The summed E-state index contributed by atoms with van der Waals surface area (Å²) in [4.78, 5) is 11.2. The van der Waals surface area contributed by atoms with Crippen molar-refractivity contribution in [1.29, 1.82) is 0 Å². The van der Waals surface area contributed by atoms with Crippen molar-refractivity contribution in [1.82, 2.24) is 0 Å². The maximum Gasteiger partial charge on any atom is 0.163 e. The lowest BCUT2D eigenvalue weighted by molar-refractivity contribution is -0.149. The van der Waals surface area contributed by atoms with Crippen LogP contribution in [0.2, 0.25) is 0 Å². The van der Waals surface area contributed by atoms with E-state index in [1.54, 1.807) is 0 Å². The van der Waals surface area contributed by atoms with Crippen LogP contribution in [0.25, 0.3) is 0 Å². The highest BCUT2D eigenvalue weighted by Gasteiger charge is 2.42. The Hall–Kier alpha value is -0.410. The average Bonchev–Trinajstić information content (AvgIpc) is 2.23. The predicted octanol–water partition coefficient (Wildman–Crippen LogP) is 1.65. The van der Waals surface area contributed by atoms with Gasteiger partial charge < -0.3 is 9.47 Å². The van der Waals surface area contributed by atoms with E-state index in [4.69, 9.17) is 9.47 Å².